The smallest absolute Gasteiger partial charge is 0.244 e. The maximum atomic E-state index is 13.1. The summed E-state index contributed by atoms with van der Waals surface area (Å²) >= 11 is 4.99. The summed E-state index contributed by atoms with van der Waals surface area (Å²) in [7, 11) is 0. The number of nitrogens with zero attached hydrogens (tertiary/aromatic N) is 2. The summed E-state index contributed by atoms with van der Waals surface area (Å²) in [4.78, 5) is 33.0. The Hall–Kier alpha value is -2.97. The highest BCUT2D eigenvalue weighted by Gasteiger charge is 2.27. The third-order valence-electron chi connectivity index (χ3n) is 4.66. The normalized spacial score (nSPS) is 13.3. The molecule has 0 aliphatic carbocycles. The van der Waals surface area contributed by atoms with Crippen LogP contribution in [0.15, 0.2) is 69.4 Å². The van der Waals surface area contributed by atoms with Crippen molar-refractivity contribution in [3.63, 3.8) is 0 Å². The Morgan fingerprint density at radius 2 is 1.94 bits per heavy atom. The zero-order valence-corrected chi connectivity index (χ0v) is 19.2. The maximum Gasteiger partial charge on any atom is 0.244 e. The Morgan fingerprint density at radius 3 is 2.65 bits per heavy atom. The molecule has 0 bridgehead atoms. The van der Waals surface area contributed by atoms with Crippen molar-refractivity contribution in [3.05, 3.63) is 69.3 Å². The Bertz CT molecular complexity index is 1140. The van der Waals surface area contributed by atoms with E-state index in [9.17, 15) is 9.59 Å². The van der Waals surface area contributed by atoms with Gasteiger partial charge < -0.3 is 15.0 Å². The summed E-state index contributed by atoms with van der Waals surface area (Å²) in [6.07, 6.45) is 0.123. The van der Waals surface area contributed by atoms with Crippen molar-refractivity contribution in [2.24, 2.45) is 4.99 Å². The highest BCUT2D eigenvalue weighted by molar-refractivity contribution is 9.11. The summed E-state index contributed by atoms with van der Waals surface area (Å²) in [5.74, 6) is 0.284. The molecule has 158 valence electrons. The van der Waals surface area contributed by atoms with Crippen LogP contribution in [0.2, 0.25) is 0 Å². The first-order valence-electron chi connectivity index (χ1n) is 9.79. The van der Waals surface area contributed by atoms with Gasteiger partial charge in [0.15, 0.2) is 0 Å². The summed E-state index contributed by atoms with van der Waals surface area (Å²) in [6, 6.07) is 18.4. The molecule has 0 radical (unpaired) electrons. The zero-order valence-electron chi connectivity index (χ0n) is 16.8. The van der Waals surface area contributed by atoms with Crippen LogP contribution in [0.1, 0.15) is 18.2 Å². The van der Waals surface area contributed by atoms with Gasteiger partial charge in [0.1, 0.15) is 12.3 Å². The fraction of sp³-hybridized carbons (Fsp3) is 0.174. The number of rotatable bonds is 6. The molecule has 1 aliphatic rings. The fourth-order valence-electron chi connectivity index (χ4n) is 3.28. The number of anilines is 2. The second-order valence-electron chi connectivity index (χ2n) is 6.81. The van der Waals surface area contributed by atoms with Crippen LogP contribution in [0.25, 0.3) is 0 Å². The second-order valence-corrected chi connectivity index (χ2v) is 9.28. The number of fused-ring (bicyclic) bond motifs is 1. The molecule has 0 saturated carbocycles. The first kappa shape index (κ1) is 21.3. The molecular formula is C23H20BrN3O3S. The van der Waals surface area contributed by atoms with Crippen LogP contribution in [0.5, 0.6) is 5.75 Å². The largest absolute Gasteiger partial charge is 0.494 e. The number of halogens is 1. The minimum atomic E-state index is -0.283. The summed E-state index contributed by atoms with van der Waals surface area (Å²) in [5, 5.41) is 2.85. The van der Waals surface area contributed by atoms with Crippen molar-refractivity contribution < 1.29 is 14.3 Å². The lowest BCUT2D eigenvalue weighted by molar-refractivity contribution is -0.120. The number of para-hydroxylation sites is 2. The summed E-state index contributed by atoms with van der Waals surface area (Å²) < 4.78 is 6.40. The molecule has 3 aromatic rings. The maximum absolute atomic E-state index is 13.1. The van der Waals surface area contributed by atoms with Gasteiger partial charge in [-0.1, -0.05) is 12.1 Å². The number of aliphatic imine (C=N–C) groups is 1. The minimum absolute atomic E-state index is 0.0972. The topological polar surface area (TPSA) is 71.0 Å². The highest BCUT2D eigenvalue weighted by atomic mass is 79.9. The molecule has 0 saturated heterocycles. The SMILES string of the molecule is CCOc1ccc(NC(=O)CN2C(=O)CC(c3ccc(Br)s3)=Nc3ccccc32)cc1. The predicted molar refractivity (Wildman–Crippen MR) is 128 cm³/mol. The van der Waals surface area contributed by atoms with Gasteiger partial charge in [-0.25, -0.2) is 4.99 Å². The zero-order chi connectivity index (χ0) is 21.8. The van der Waals surface area contributed by atoms with E-state index in [0.717, 1.165) is 14.4 Å². The molecule has 1 aliphatic heterocycles. The van der Waals surface area contributed by atoms with Crippen LogP contribution in [0, 0.1) is 0 Å². The number of carbonyl (C=O) groups excluding carboxylic acids is 2. The first-order valence-corrected chi connectivity index (χ1v) is 11.4. The quantitative estimate of drug-likeness (QED) is 0.495. The number of ether oxygens (including phenoxy) is 1. The lowest BCUT2D eigenvalue weighted by atomic mass is 10.2. The van der Waals surface area contributed by atoms with Gasteiger partial charge in [0, 0.05) is 5.69 Å². The van der Waals surface area contributed by atoms with E-state index in [0.29, 0.717) is 29.4 Å². The van der Waals surface area contributed by atoms with Gasteiger partial charge in [-0.05, 0) is 71.4 Å². The van der Waals surface area contributed by atoms with Crippen molar-refractivity contribution in [3.8, 4) is 5.75 Å². The third kappa shape index (κ3) is 5.03. The van der Waals surface area contributed by atoms with E-state index in [4.69, 9.17) is 9.73 Å². The minimum Gasteiger partial charge on any atom is -0.494 e. The van der Waals surface area contributed by atoms with Crippen molar-refractivity contribution in [2.45, 2.75) is 13.3 Å². The predicted octanol–water partition coefficient (Wildman–Crippen LogP) is 5.41. The van der Waals surface area contributed by atoms with E-state index in [-0.39, 0.29) is 24.8 Å². The number of nitrogens with one attached hydrogen (secondary N) is 1. The van der Waals surface area contributed by atoms with E-state index >= 15 is 0 Å². The van der Waals surface area contributed by atoms with Crippen LogP contribution in [-0.2, 0) is 9.59 Å². The lowest BCUT2D eigenvalue weighted by Gasteiger charge is -2.22. The van der Waals surface area contributed by atoms with Crippen molar-refractivity contribution in [1.82, 2.24) is 0 Å². The third-order valence-corrected chi connectivity index (χ3v) is 6.33. The van der Waals surface area contributed by atoms with Gasteiger partial charge in [-0.3, -0.25) is 9.59 Å². The van der Waals surface area contributed by atoms with Crippen molar-refractivity contribution in [2.75, 3.05) is 23.4 Å². The lowest BCUT2D eigenvalue weighted by Crippen LogP contribution is -2.38. The van der Waals surface area contributed by atoms with Crippen LogP contribution in [0.4, 0.5) is 17.1 Å². The molecule has 0 spiro atoms. The molecule has 2 heterocycles. The van der Waals surface area contributed by atoms with E-state index in [1.54, 1.807) is 24.3 Å². The number of amides is 2. The molecule has 4 rings (SSSR count). The first-order chi connectivity index (χ1) is 15.0. The molecule has 1 aromatic heterocycles. The average molecular weight is 498 g/mol. The van der Waals surface area contributed by atoms with Crippen LogP contribution < -0.4 is 15.0 Å². The molecule has 6 nitrogen and oxygen atoms in total. The number of hydrogen-bond donors (Lipinski definition) is 1. The summed E-state index contributed by atoms with van der Waals surface area (Å²) in [5.41, 5.74) is 2.63. The molecule has 2 amide bonds. The van der Waals surface area contributed by atoms with Crippen molar-refractivity contribution in [1.29, 1.82) is 0 Å². The van der Waals surface area contributed by atoms with E-state index in [1.165, 1.54) is 16.2 Å². The molecule has 1 N–H and O–H groups in total. The molecule has 0 atom stereocenters. The van der Waals surface area contributed by atoms with Crippen LogP contribution in [0.3, 0.4) is 0 Å². The van der Waals surface area contributed by atoms with Gasteiger partial charge in [-0.2, -0.15) is 0 Å². The second kappa shape index (κ2) is 9.45. The van der Waals surface area contributed by atoms with Crippen LogP contribution in [-0.4, -0.2) is 30.7 Å². The van der Waals surface area contributed by atoms with Gasteiger partial charge in [0.05, 0.1) is 38.8 Å². The standard InChI is InChI=1S/C23H20BrN3O3S/c1-2-30-16-9-7-15(8-10-16)25-22(28)14-27-19-6-4-3-5-17(19)26-18(13-23(27)29)20-11-12-21(24)31-20/h3-12H,2,13-14H2,1H3,(H,25,28). The monoisotopic (exact) mass is 497 g/mol. The molecule has 2 aromatic carbocycles. The Balaban J connectivity index is 1.54. The molecular weight excluding hydrogens is 478 g/mol. The fourth-order valence-corrected chi connectivity index (χ4v) is 4.65. The average Bonchev–Trinajstić information content (AvgIpc) is 3.14. The van der Waals surface area contributed by atoms with Gasteiger partial charge in [0.2, 0.25) is 11.8 Å². The van der Waals surface area contributed by atoms with Crippen molar-refractivity contribution >= 4 is 61.9 Å². The molecule has 0 unspecified atom stereocenters. The Kier molecular flexibility index (Phi) is 6.48. The van der Waals surface area contributed by atoms with E-state index in [1.807, 2.05) is 43.3 Å². The number of hydrogen-bond acceptors (Lipinski definition) is 5. The Labute approximate surface area is 192 Å². The number of thiophene rings is 1. The summed E-state index contributed by atoms with van der Waals surface area (Å²) in [6.45, 7) is 2.40. The van der Waals surface area contributed by atoms with Gasteiger partial charge in [0.25, 0.3) is 0 Å². The molecule has 31 heavy (non-hydrogen) atoms. The van der Waals surface area contributed by atoms with E-state index < -0.39 is 0 Å². The molecule has 8 heteroatoms. The van der Waals surface area contributed by atoms with E-state index in [2.05, 4.69) is 21.2 Å². The number of carbonyl (C=O) groups is 2. The molecule has 0 fully saturated rings. The number of benzene rings is 2. The highest BCUT2D eigenvalue weighted by Crippen LogP contribution is 2.34. The van der Waals surface area contributed by atoms with Gasteiger partial charge >= 0.3 is 0 Å². The Morgan fingerprint density at radius 1 is 1.16 bits per heavy atom. The van der Waals surface area contributed by atoms with Gasteiger partial charge in [-0.15, -0.1) is 11.3 Å². The van der Waals surface area contributed by atoms with Crippen LogP contribution >= 0.6 is 27.3 Å².